The zero-order valence-corrected chi connectivity index (χ0v) is 8.79. The maximum Gasteiger partial charge on any atom is 0.142 e. The Morgan fingerprint density at radius 3 is 2.92 bits per heavy atom. The Balaban J connectivity index is 2.53. The first-order valence-corrected chi connectivity index (χ1v) is 5.58. The normalized spacial score (nSPS) is 10.1. The van der Waals surface area contributed by atoms with Crippen LogP contribution in [0.25, 0.3) is 0 Å². The number of hydrogen-bond acceptors (Lipinski definition) is 2. The van der Waals surface area contributed by atoms with Gasteiger partial charge in [0.25, 0.3) is 0 Å². The molecule has 4 heteroatoms. The second-order valence-corrected chi connectivity index (χ2v) is 3.81. The number of hydrogen-bond donors (Lipinski definition) is 0. The van der Waals surface area contributed by atoms with Gasteiger partial charge in [-0.05, 0) is 18.4 Å². The molecule has 0 aromatic heterocycles. The van der Waals surface area contributed by atoms with Crippen LogP contribution in [-0.4, -0.2) is 18.6 Å². The summed E-state index contributed by atoms with van der Waals surface area (Å²) in [6.07, 6.45) is 2.00. The van der Waals surface area contributed by atoms with E-state index in [1.807, 2.05) is 6.26 Å². The molecular weight excluding hydrogens is 211 g/mol. The lowest BCUT2D eigenvalue weighted by molar-refractivity contribution is 0.343. The molecule has 1 nitrogen and oxygen atoms in total. The summed E-state index contributed by atoms with van der Waals surface area (Å²) in [5.74, 6) is 1.11. The zero-order valence-electron chi connectivity index (χ0n) is 7.22. The molecule has 0 aliphatic heterocycles. The Morgan fingerprint density at radius 2 is 2.31 bits per heavy atom. The van der Waals surface area contributed by atoms with E-state index >= 15 is 0 Å². The molecule has 0 aliphatic carbocycles. The third-order valence-corrected chi connectivity index (χ3v) is 2.31. The van der Waals surface area contributed by atoms with Crippen molar-refractivity contribution < 1.29 is 9.13 Å². The molecule has 0 fully saturated rings. The van der Waals surface area contributed by atoms with Crippen molar-refractivity contribution in [2.45, 2.75) is 0 Å². The highest BCUT2D eigenvalue weighted by Gasteiger charge is 2.00. The molecule has 1 aromatic rings. The molecule has 0 unspecified atom stereocenters. The molecule has 0 atom stereocenters. The van der Waals surface area contributed by atoms with E-state index in [0.29, 0.717) is 12.4 Å². The molecule has 0 heterocycles. The van der Waals surface area contributed by atoms with Crippen molar-refractivity contribution in [2.75, 3.05) is 18.6 Å². The predicted octanol–water partition coefficient (Wildman–Crippen LogP) is 3.22. The van der Waals surface area contributed by atoms with Crippen molar-refractivity contribution in [1.29, 1.82) is 0 Å². The van der Waals surface area contributed by atoms with E-state index in [4.69, 9.17) is 16.3 Å². The second kappa shape index (κ2) is 5.35. The van der Waals surface area contributed by atoms with Crippen molar-refractivity contribution >= 4 is 23.4 Å². The number of benzene rings is 1. The molecule has 0 bridgehead atoms. The summed E-state index contributed by atoms with van der Waals surface area (Å²) in [7, 11) is 0. The highest BCUT2D eigenvalue weighted by molar-refractivity contribution is 7.98. The first kappa shape index (κ1) is 10.7. The molecule has 0 N–H and O–H groups in total. The SMILES string of the molecule is CSCCOc1ccc(F)c(Cl)c1. The van der Waals surface area contributed by atoms with Crippen LogP contribution in [0.1, 0.15) is 0 Å². The van der Waals surface area contributed by atoms with E-state index in [2.05, 4.69) is 0 Å². The van der Waals surface area contributed by atoms with Crippen LogP contribution in [0.2, 0.25) is 5.02 Å². The van der Waals surface area contributed by atoms with Crippen LogP contribution in [0.15, 0.2) is 18.2 Å². The van der Waals surface area contributed by atoms with Gasteiger partial charge >= 0.3 is 0 Å². The van der Waals surface area contributed by atoms with Gasteiger partial charge in [0.2, 0.25) is 0 Å². The van der Waals surface area contributed by atoms with Crippen LogP contribution in [-0.2, 0) is 0 Å². The minimum atomic E-state index is -0.418. The minimum Gasteiger partial charge on any atom is -0.493 e. The summed E-state index contributed by atoms with van der Waals surface area (Å²) in [5.41, 5.74) is 0. The van der Waals surface area contributed by atoms with Crippen molar-refractivity contribution in [1.82, 2.24) is 0 Å². The topological polar surface area (TPSA) is 9.23 Å². The van der Waals surface area contributed by atoms with E-state index in [0.717, 1.165) is 5.75 Å². The van der Waals surface area contributed by atoms with Gasteiger partial charge in [-0.25, -0.2) is 4.39 Å². The molecule has 0 spiro atoms. The molecule has 1 rings (SSSR count). The molecule has 0 saturated heterocycles. The smallest absolute Gasteiger partial charge is 0.142 e. The van der Waals surface area contributed by atoms with Gasteiger partial charge in [-0.2, -0.15) is 11.8 Å². The van der Waals surface area contributed by atoms with Crippen LogP contribution in [0.5, 0.6) is 5.75 Å². The van der Waals surface area contributed by atoms with E-state index < -0.39 is 5.82 Å². The van der Waals surface area contributed by atoms with Crippen LogP contribution in [0.4, 0.5) is 4.39 Å². The third kappa shape index (κ3) is 3.44. The summed E-state index contributed by atoms with van der Waals surface area (Å²) < 4.78 is 18.0. The van der Waals surface area contributed by atoms with E-state index in [-0.39, 0.29) is 5.02 Å². The quantitative estimate of drug-likeness (QED) is 0.721. The number of thioether (sulfide) groups is 1. The van der Waals surface area contributed by atoms with Gasteiger partial charge in [-0.3, -0.25) is 0 Å². The van der Waals surface area contributed by atoms with Gasteiger partial charge in [0.1, 0.15) is 11.6 Å². The average molecular weight is 221 g/mol. The van der Waals surface area contributed by atoms with Gasteiger partial charge in [0.05, 0.1) is 11.6 Å². The minimum absolute atomic E-state index is 0.0988. The highest BCUT2D eigenvalue weighted by atomic mass is 35.5. The molecule has 1 aromatic carbocycles. The van der Waals surface area contributed by atoms with Crippen LogP contribution >= 0.6 is 23.4 Å². The molecular formula is C9H10ClFOS. The fourth-order valence-electron chi connectivity index (χ4n) is 0.809. The molecule has 0 saturated carbocycles. The Labute approximate surface area is 86.2 Å². The van der Waals surface area contributed by atoms with Gasteiger partial charge in [0.15, 0.2) is 0 Å². The first-order valence-electron chi connectivity index (χ1n) is 3.81. The molecule has 72 valence electrons. The van der Waals surface area contributed by atoms with E-state index in [1.54, 1.807) is 17.8 Å². The number of rotatable bonds is 4. The van der Waals surface area contributed by atoms with E-state index in [1.165, 1.54) is 12.1 Å². The highest BCUT2D eigenvalue weighted by Crippen LogP contribution is 2.20. The Hall–Kier alpha value is -0.410. The van der Waals surface area contributed by atoms with Crippen LogP contribution in [0.3, 0.4) is 0 Å². The summed E-state index contributed by atoms with van der Waals surface area (Å²) in [6, 6.07) is 4.36. The zero-order chi connectivity index (χ0) is 9.68. The predicted molar refractivity (Wildman–Crippen MR) is 55.3 cm³/mol. The molecule has 0 aliphatic rings. The van der Waals surface area contributed by atoms with Gasteiger partial charge in [-0.1, -0.05) is 11.6 Å². The maximum atomic E-state index is 12.7. The van der Waals surface area contributed by atoms with E-state index in [9.17, 15) is 4.39 Å². The molecule has 13 heavy (non-hydrogen) atoms. The standard InChI is InChI=1S/C9H10ClFOS/c1-13-5-4-12-7-2-3-9(11)8(10)6-7/h2-3,6H,4-5H2,1H3. The first-order chi connectivity index (χ1) is 6.24. The summed E-state index contributed by atoms with van der Waals surface area (Å²) in [6.45, 7) is 0.614. The Bertz CT molecular complexity index is 280. The fraction of sp³-hybridized carbons (Fsp3) is 0.333. The monoisotopic (exact) mass is 220 g/mol. The maximum absolute atomic E-state index is 12.7. The summed E-state index contributed by atoms with van der Waals surface area (Å²) >= 11 is 7.26. The molecule has 0 amide bonds. The fourth-order valence-corrected chi connectivity index (χ4v) is 1.23. The van der Waals surface area contributed by atoms with Crippen LogP contribution in [0, 0.1) is 5.82 Å². The Kier molecular flexibility index (Phi) is 4.39. The lowest BCUT2D eigenvalue weighted by Crippen LogP contribution is -1.99. The summed E-state index contributed by atoms with van der Waals surface area (Å²) in [4.78, 5) is 0. The van der Waals surface area contributed by atoms with Crippen LogP contribution < -0.4 is 4.74 Å². The number of halogens is 2. The van der Waals surface area contributed by atoms with Crippen molar-refractivity contribution in [3.8, 4) is 5.75 Å². The lowest BCUT2D eigenvalue weighted by Gasteiger charge is -2.05. The van der Waals surface area contributed by atoms with Gasteiger partial charge in [-0.15, -0.1) is 0 Å². The van der Waals surface area contributed by atoms with Gasteiger partial charge < -0.3 is 4.74 Å². The van der Waals surface area contributed by atoms with Crippen molar-refractivity contribution in [3.63, 3.8) is 0 Å². The van der Waals surface area contributed by atoms with Crippen molar-refractivity contribution in [3.05, 3.63) is 29.0 Å². The lowest BCUT2D eigenvalue weighted by atomic mass is 10.3. The molecule has 0 radical (unpaired) electrons. The second-order valence-electron chi connectivity index (χ2n) is 2.42. The summed E-state index contributed by atoms with van der Waals surface area (Å²) in [5, 5.41) is 0.0988. The van der Waals surface area contributed by atoms with Crippen molar-refractivity contribution in [2.24, 2.45) is 0 Å². The third-order valence-electron chi connectivity index (χ3n) is 1.45. The van der Waals surface area contributed by atoms with Gasteiger partial charge in [0, 0.05) is 11.8 Å². The number of ether oxygens (including phenoxy) is 1. The average Bonchev–Trinajstić information content (AvgIpc) is 2.12. The largest absolute Gasteiger partial charge is 0.493 e. The Morgan fingerprint density at radius 1 is 1.54 bits per heavy atom.